The Balaban J connectivity index is 3.34. The van der Waals surface area contributed by atoms with Crippen molar-refractivity contribution in [1.29, 1.82) is 0 Å². The lowest BCUT2D eigenvalue weighted by molar-refractivity contribution is -0.117. The van der Waals surface area contributed by atoms with Gasteiger partial charge in [-0.25, -0.2) is 0 Å². The lowest BCUT2D eigenvalue weighted by Gasteiger charge is -1.82. The summed E-state index contributed by atoms with van der Waals surface area (Å²) in [5.41, 5.74) is 9.52. The molecule has 0 aromatic heterocycles. The maximum atomic E-state index is 9.89. The molecule has 0 radical (unpaired) electrons. The minimum atomic E-state index is -0.931. The van der Waals surface area contributed by atoms with Crippen molar-refractivity contribution in [3.8, 4) is 0 Å². The Morgan fingerprint density at radius 2 is 2.50 bits per heavy atom. The molecule has 3 nitrogen and oxygen atoms in total. The maximum Gasteiger partial charge on any atom is 0.218 e. The number of amides is 1. The first-order valence-electron chi connectivity index (χ1n) is 2.18. The molecular weight excluding hydrogens is 80.0 g/mol. The normalized spacial score (nSPS) is 15.8. The molecule has 0 bridgehead atoms. The lowest BCUT2D eigenvalue weighted by atomic mass is 10.4. The molecule has 0 saturated heterocycles. The van der Waals surface area contributed by atoms with E-state index in [1.54, 1.807) is 0 Å². The molecule has 1 atom stereocenters. The van der Waals surface area contributed by atoms with Crippen LogP contribution in [-0.4, -0.2) is 12.5 Å². The Labute approximate surface area is 37.7 Å². The van der Waals surface area contributed by atoms with Gasteiger partial charge in [0, 0.05) is 14.3 Å². The van der Waals surface area contributed by atoms with Gasteiger partial charge >= 0.3 is 0 Å². The highest BCUT2D eigenvalue weighted by molar-refractivity contribution is 5.73. The second kappa shape index (κ2) is 2.66. The van der Waals surface area contributed by atoms with E-state index in [4.69, 9.17) is 7.10 Å². The van der Waals surface area contributed by atoms with Crippen molar-refractivity contribution in [3.63, 3.8) is 0 Å². The van der Waals surface area contributed by atoms with Crippen LogP contribution in [0.15, 0.2) is 0 Å². The summed E-state index contributed by atoms with van der Waals surface area (Å²) in [5, 5.41) is 0. The fraction of sp³-hybridized carbons (Fsp3) is 0.667. The molecule has 0 aromatic rings. The summed E-state index contributed by atoms with van der Waals surface area (Å²) in [5.74, 6) is -0.664. The van der Waals surface area contributed by atoms with Gasteiger partial charge in [-0.15, -0.1) is 0 Å². The Morgan fingerprint density at radius 1 is 2.00 bits per heavy atom. The van der Waals surface area contributed by atoms with Gasteiger partial charge in [-0.2, -0.15) is 0 Å². The van der Waals surface area contributed by atoms with E-state index in [9.17, 15) is 4.79 Å². The van der Waals surface area contributed by atoms with Crippen molar-refractivity contribution >= 4 is 5.91 Å². The van der Waals surface area contributed by atoms with Gasteiger partial charge in [-0.3, -0.25) is 4.79 Å². The predicted molar refractivity (Wildman–Crippen MR) is 22.9 cm³/mol. The van der Waals surface area contributed by atoms with Crippen molar-refractivity contribution < 1.29 is 6.17 Å². The summed E-state index contributed by atoms with van der Waals surface area (Å²) < 4.78 is 6.68. The van der Waals surface area contributed by atoms with Gasteiger partial charge < -0.3 is 11.5 Å². The minimum Gasteiger partial charge on any atom is -0.370 e. The molecule has 0 spiro atoms. The maximum absolute atomic E-state index is 9.89. The van der Waals surface area contributed by atoms with Gasteiger partial charge in [0.15, 0.2) is 0 Å². The van der Waals surface area contributed by atoms with Crippen molar-refractivity contribution in [2.24, 2.45) is 11.5 Å². The van der Waals surface area contributed by atoms with E-state index in [1.165, 1.54) is 0 Å². The van der Waals surface area contributed by atoms with Crippen LogP contribution in [0.4, 0.5) is 0 Å². The largest absolute Gasteiger partial charge is 0.370 e. The number of carbonyl (C=O) groups excluding carboxylic acids is 1. The van der Waals surface area contributed by atoms with Crippen LogP contribution < -0.4 is 11.5 Å². The first-order chi connectivity index (χ1) is 3.18. The van der Waals surface area contributed by atoms with Gasteiger partial charge in [0.25, 0.3) is 0 Å². The predicted octanol–water partition coefficient (Wildman–Crippen LogP) is -1.18. The Bertz CT molecular complexity index is 75.3. The summed E-state index contributed by atoms with van der Waals surface area (Å²) in [6, 6.07) is 0. The summed E-state index contributed by atoms with van der Waals surface area (Å²) in [7, 11) is 0. The number of nitrogens with two attached hydrogens (primary N) is 2. The zero-order valence-electron chi connectivity index (χ0n) is 4.35. The molecule has 0 fully saturated rings. The lowest BCUT2D eigenvalue weighted by Crippen LogP contribution is -2.15. The molecule has 0 aromatic carbocycles. The van der Waals surface area contributed by atoms with Gasteiger partial charge in [-0.05, 0) is 0 Å². The molecule has 0 rings (SSSR count). The van der Waals surface area contributed by atoms with Gasteiger partial charge in [0.1, 0.15) is 0 Å². The second-order valence-corrected chi connectivity index (χ2v) is 0.842. The van der Waals surface area contributed by atoms with Crippen LogP contribution in [0.25, 0.3) is 0 Å². The van der Waals surface area contributed by atoms with E-state index in [-0.39, 0.29) is 6.54 Å². The average molecular weight is 89.1 g/mol. The third-order valence-electron chi connectivity index (χ3n) is 0.319. The topological polar surface area (TPSA) is 69.1 Å². The van der Waals surface area contributed by atoms with Crippen LogP contribution in [0.5, 0.6) is 0 Å². The minimum absolute atomic E-state index is 0.00926. The number of hydrogen-bond donors (Lipinski definition) is 2. The summed E-state index contributed by atoms with van der Waals surface area (Å²) in [4.78, 5) is 9.89. The molecule has 0 heterocycles. The van der Waals surface area contributed by atoms with Crippen LogP contribution in [0.1, 0.15) is 7.77 Å². The molecule has 0 aliphatic carbocycles. The molecule has 0 saturated carbocycles. The molecule has 36 valence electrons. The van der Waals surface area contributed by atoms with E-state index in [1.807, 2.05) is 0 Å². The van der Waals surface area contributed by atoms with E-state index < -0.39 is 12.3 Å². The van der Waals surface area contributed by atoms with Crippen LogP contribution in [0.3, 0.4) is 0 Å². The summed E-state index contributed by atoms with van der Waals surface area (Å²) in [6.07, 6.45) is -0.931. The van der Waals surface area contributed by atoms with E-state index in [0.29, 0.717) is 0 Å². The quantitative estimate of drug-likeness (QED) is 0.447. The number of hydrogen-bond acceptors (Lipinski definition) is 2. The monoisotopic (exact) mass is 89.1 g/mol. The van der Waals surface area contributed by atoms with Crippen molar-refractivity contribution in [1.82, 2.24) is 0 Å². The van der Waals surface area contributed by atoms with Crippen molar-refractivity contribution in [2.75, 3.05) is 6.54 Å². The zero-order chi connectivity index (χ0) is 5.86. The highest BCUT2D eigenvalue weighted by atomic mass is 16.1. The zero-order valence-corrected chi connectivity index (χ0v) is 3.35. The fourth-order valence-electron chi connectivity index (χ4n) is 0.116. The van der Waals surface area contributed by atoms with E-state index >= 15 is 0 Å². The molecule has 3 heteroatoms. The Kier molecular flexibility index (Phi) is 1.60. The summed E-state index contributed by atoms with van der Waals surface area (Å²) >= 11 is 0. The van der Waals surface area contributed by atoms with Gasteiger partial charge in [0.05, 0.1) is 0 Å². The van der Waals surface area contributed by atoms with Gasteiger partial charge in [0.2, 0.25) is 5.91 Å². The molecule has 1 unspecified atom stereocenters. The summed E-state index contributed by atoms with van der Waals surface area (Å²) in [6.45, 7) is 0.00926. The smallest absolute Gasteiger partial charge is 0.218 e. The van der Waals surface area contributed by atoms with Crippen molar-refractivity contribution in [2.45, 2.75) is 6.40 Å². The van der Waals surface area contributed by atoms with Crippen LogP contribution in [-0.2, 0) is 4.79 Å². The molecule has 1 amide bonds. The molecule has 0 aliphatic heterocycles. The molecule has 4 N–H and O–H groups in total. The van der Waals surface area contributed by atoms with Crippen molar-refractivity contribution in [3.05, 3.63) is 0 Å². The molecule has 0 aliphatic rings. The third kappa shape index (κ3) is 3.43. The van der Waals surface area contributed by atoms with E-state index in [0.717, 1.165) is 0 Å². The standard InChI is InChI=1S/C3H8N2O/c4-2-1-3(5)6/h1-2,4H2,(H2,5,6)/i1D. The first kappa shape index (κ1) is 3.61. The highest BCUT2D eigenvalue weighted by Gasteiger charge is 1.84. The number of carbonyl (C=O) groups is 1. The van der Waals surface area contributed by atoms with Crippen LogP contribution in [0.2, 0.25) is 0 Å². The SMILES string of the molecule is [2H]C(CN)C(N)=O. The van der Waals surface area contributed by atoms with Crippen LogP contribution >= 0.6 is 0 Å². The van der Waals surface area contributed by atoms with Gasteiger partial charge in [-0.1, -0.05) is 0 Å². The fourth-order valence-corrected chi connectivity index (χ4v) is 0.116. The molecule has 6 heavy (non-hydrogen) atoms. The van der Waals surface area contributed by atoms with Crippen LogP contribution in [0, 0.1) is 0 Å². The third-order valence-corrected chi connectivity index (χ3v) is 0.319. The first-order valence-corrected chi connectivity index (χ1v) is 1.60. The average Bonchev–Trinajstić information content (AvgIpc) is 1.65. The number of primary amides is 1. The second-order valence-electron chi connectivity index (χ2n) is 0.842. The van der Waals surface area contributed by atoms with E-state index in [2.05, 4.69) is 5.73 Å². The molecular formula is C3H8N2O. The highest BCUT2D eigenvalue weighted by Crippen LogP contribution is 1.63. The number of rotatable bonds is 2. The Hall–Kier alpha value is -0.570. The Morgan fingerprint density at radius 3 is 2.50 bits per heavy atom.